The van der Waals surface area contributed by atoms with Crippen molar-refractivity contribution in [3.8, 4) is 11.4 Å². The van der Waals surface area contributed by atoms with Gasteiger partial charge in [0.15, 0.2) is 5.16 Å². The third-order valence-electron chi connectivity index (χ3n) is 5.81. The van der Waals surface area contributed by atoms with E-state index in [9.17, 15) is 4.79 Å². The molecule has 1 aliphatic rings. The van der Waals surface area contributed by atoms with Crippen molar-refractivity contribution < 1.29 is 9.53 Å². The van der Waals surface area contributed by atoms with Crippen molar-refractivity contribution >= 4 is 29.3 Å². The number of aromatic nitrogens is 3. The molecule has 7 nitrogen and oxygen atoms in total. The summed E-state index contributed by atoms with van der Waals surface area (Å²) in [7, 11) is 1.60. The summed E-state index contributed by atoms with van der Waals surface area (Å²) in [5.41, 5.74) is 3.92. The van der Waals surface area contributed by atoms with Gasteiger partial charge in [0.05, 0.1) is 23.7 Å². The number of hydrogen-bond donors (Lipinski definition) is 1. The number of hydrogen-bond acceptors (Lipinski definition) is 6. The molecule has 2 heterocycles. The van der Waals surface area contributed by atoms with E-state index in [2.05, 4.69) is 56.2 Å². The molecule has 0 saturated carbocycles. The number of benzene rings is 2. The van der Waals surface area contributed by atoms with Crippen LogP contribution < -0.4 is 15.0 Å². The van der Waals surface area contributed by atoms with E-state index < -0.39 is 0 Å². The van der Waals surface area contributed by atoms with E-state index in [1.807, 2.05) is 32.0 Å². The van der Waals surface area contributed by atoms with Crippen LogP contribution in [0.4, 0.5) is 11.6 Å². The highest BCUT2D eigenvalue weighted by Crippen LogP contribution is 2.32. The third-order valence-corrected chi connectivity index (χ3v) is 6.85. The van der Waals surface area contributed by atoms with E-state index in [1.165, 1.54) is 23.7 Å². The van der Waals surface area contributed by atoms with E-state index in [0.29, 0.717) is 16.6 Å². The summed E-state index contributed by atoms with van der Waals surface area (Å²) in [6.07, 6.45) is 3.55. The maximum Gasteiger partial charge on any atom is 0.237 e. The number of nitrogens with one attached hydrogen (secondary N) is 1. The van der Waals surface area contributed by atoms with Crippen LogP contribution >= 0.6 is 11.8 Å². The van der Waals surface area contributed by atoms with Crippen LogP contribution in [0.15, 0.2) is 47.6 Å². The standard InChI is InChI=1S/C25H31N5O2S/c1-17-8-11-20(12-9-17)30-24(29-14-6-5-7-15-29)27-28-25(30)33-19(3)23(31)26-21-16-18(2)10-13-22(21)32-4/h8-13,16,19H,5-7,14-15H2,1-4H3,(H,26,31). The van der Waals surface area contributed by atoms with Gasteiger partial charge in [-0.3, -0.25) is 9.36 Å². The molecule has 1 unspecified atom stereocenters. The second-order valence-electron chi connectivity index (χ2n) is 8.45. The SMILES string of the molecule is COc1ccc(C)cc1NC(=O)C(C)Sc1nnc(N2CCCCC2)n1-c1ccc(C)cc1. The molecular weight excluding hydrogens is 434 g/mol. The average Bonchev–Trinajstić information content (AvgIpc) is 3.23. The lowest BCUT2D eigenvalue weighted by Gasteiger charge is -2.28. The Morgan fingerprint density at radius 1 is 1.03 bits per heavy atom. The highest BCUT2D eigenvalue weighted by atomic mass is 32.2. The third kappa shape index (κ3) is 5.33. The van der Waals surface area contributed by atoms with Gasteiger partial charge in [0.1, 0.15) is 5.75 Å². The van der Waals surface area contributed by atoms with Crippen molar-refractivity contribution in [3.05, 3.63) is 53.6 Å². The van der Waals surface area contributed by atoms with Crippen LogP contribution in [0.3, 0.4) is 0 Å². The molecule has 3 aromatic rings. The first-order chi connectivity index (χ1) is 16.0. The molecule has 4 rings (SSSR count). The predicted molar refractivity (Wildman–Crippen MR) is 134 cm³/mol. The Morgan fingerprint density at radius 2 is 1.73 bits per heavy atom. The van der Waals surface area contributed by atoms with Crippen molar-refractivity contribution in [2.45, 2.75) is 50.4 Å². The Bertz CT molecular complexity index is 1110. The lowest BCUT2D eigenvalue weighted by Crippen LogP contribution is -2.31. The van der Waals surface area contributed by atoms with Gasteiger partial charge in [0.25, 0.3) is 0 Å². The van der Waals surface area contributed by atoms with Gasteiger partial charge in [-0.1, -0.05) is 35.5 Å². The van der Waals surface area contributed by atoms with Crippen LogP contribution in [0.5, 0.6) is 5.75 Å². The summed E-state index contributed by atoms with van der Waals surface area (Å²) in [6.45, 7) is 7.88. The van der Waals surface area contributed by atoms with E-state index >= 15 is 0 Å². The number of ether oxygens (including phenoxy) is 1. The van der Waals surface area contributed by atoms with Crippen LogP contribution in [0.1, 0.15) is 37.3 Å². The van der Waals surface area contributed by atoms with Crippen molar-refractivity contribution in [3.63, 3.8) is 0 Å². The Hall–Kier alpha value is -3.00. The molecule has 0 aliphatic carbocycles. The summed E-state index contributed by atoms with van der Waals surface area (Å²) < 4.78 is 7.48. The highest BCUT2D eigenvalue weighted by Gasteiger charge is 2.25. The zero-order valence-electron chi connectivity index (χ0n) is 19.7. The smallest absolute Gasteiger partial charge is 0.237 e. The summed E-state index contributed by atoms with van der Waals surface area (Å²) in [5, 5.41) is 12.4. The monoisotopic (exact) mass is 465 g/mol. The maximum absolute atomic E-state index is 13.0. The molecule has 1 aliphatic heterocycles. The summed E-state index contributed by atoms with van der Waals surface area (Å²) in [4.78, 5) is 15.3. The molecular formula is C25H31N5O2S. The number of nitrogens with zero attached hydrogens (tertiary/aromatic N) is 4. The van der Waals surface area contributed by atoms with Gasteiger partial charge in [-0.25, -0.2) is 0 Å². The molecule has 1 fully saturated rings. The fraction of sp³-hybridized carbons (Fsp3) is 0.400. The van der Waals surface area contributed by atoms with Gasteiger partial charge in [0.2, 0.25) is 11.9 Å². The number of carbonyl (C=O) groups is 1. The maximum atomic E-state index is 13.0. The van der Waals surface area contributed by atoms with Gasteiger partial charge in [-0.05, 0) is 69.9 Å². The molecule has 1 atom stereocenters. The number of piperidine rings is 1. The minimum absolute atomic E-state index is 0.109. The molecule has 0 bridgehead atoms. The number of carbonyl (C=O) groups excluding carboxylic acids is 1. The lowest BCUT2D eigenvalue weighted by atomic mass is 10.1. The fourth-order valence-corrected chi connectivity index (χ4v) is 4.79. The van der Waals surface area contributed by atoms with E-state index in [4.69, 9.17) is 4.74 Å². The summed E-state index contributed by atoms with van der Waals surface area (Å²) >= 11 is 1.41. The van der Waals surface area contributed by atoms with Crippen LogP contribution in [-0.2, 0) is 4.79 Å². The number of methoxy groups -OCH3 is 1. The molecule has 8 heteroatoms. The fourth-order valence-electron chi connectivity index (χ4n) is 3.92. The number of rotatable bonds is 7. The zero-order valence-corrected chi connectivity index (χ0v) is 20.5. The van der Waals surface area contributed by atoms with E-state index in [1.54, 1.807) is 7.11 Å². The molecule has 0 radical (unpaired) electrons. The van der Waals surface area contributed by atoms with Crippen molar-refractivity contribution in [2.75, 3.05) is 30.4 Å². The highest BCUT2D eigenvalue weighted by molar-refractivity contribution is 8.00. The van der Waals surface area contributed by atoms with Crippen LogP contribution in [-0.4, -0.2) is 46.1 Å². The summed E-state index contributed by atoms with van der Waals surface area (Å²) in [6, 6.07) is 14.1. The zero-order chi connectivity index (χ0) is 23.4. The Balaban J connectivity index is 1.59. The minimum atomic E-state index is -0.377. The molecule has 33 heavy (non-hydrogen) atoms. The Kier molecular flexibility index (Phi) is 7.23. The first-order valence-corrected chi connectivity index (χ1v) is 12.2. The number of anilines is 2. The first-order valence-electron chi connectivity index (χ1n) is 11.4. The molecule has 2 aromatic carbocycles. The minimum Gasteiger partial charge on any atom is -0.495 e. The summed E-state index contributed by atoms with van der Waals surface area (Å²) in [5.74, 6) is 1.37. The van der Waals surface area contributed by atoms with Gasteiger partial charge in [0, 0.05) is 13.1 Å². The van der Waals surface area contributed by atoms with Crippen LogP contribution in [0.2, 0.25) is 0 Å². The molecule has 1 saturated heterocycles. The van der Waals surface area contributed by atoms with Crippen LogP contribution in [0.25, 0.3) is 5.69 Å². The van der Waals surface area contributed by atoms with E-state index in [0.717, 1.165) is 43.1 Å². The molecule has 0 spiro atoms. The largest absolute Gasteiger partial charge is 0.495 e. The predicted octanol–water partition coefficient (Wildman–Crippen LogP) is 5.00. The topological polar surface area (TPSA) is 72.3 Å². The van der Waals surface area contributed by atoms with Crippen molar-refractivity contribution in [1.29, 1.82) is 0 Å². The average molecular weight is 466 g/mol. The Labute approximate surface area is 199 Å². The van der Waals surface area contributed by atoms with Gasteiger partial charge in [-0.15, -0.1) is 10.2 Å². The van der Waals surface area contributed by atoms with Crippen molar-refractivity contribution in [2.24, 2.45) is 0 Å². The normalized spacial score (nSPS) is 14.7. The quantitative estimate of drug-likeness (QED) is 0.495. The van der Waals surface area contributed by atoms with Crippen LogP contribution in [0, 0.1) is 13.8 Å². The van der Waals surface area contributed by atoms with Crippen molar-refractivity contribution in [1.82, 2.24) is 14.8 Å². The number of amides is 1. The molecule has 1 N–H and O–H groups in total. The number of thioether (sulfide) groups is 1. The number of aryl methyl sites for hydroxylation is 2. The lowest BCUT2D eigenvalue weighted by molar-refractivity contribution is -0.115. The van der Waals surface area contributed by atoms with Gasteiger partial charge >= 0.3 is 0 Å². The second-order valence-corrected chi connectivity index (χ2v) is 9.76. The molecule has 174 valence electrons. The second kappa shape index (κ2) is 10.3. The van der Waals surface area contributed by atoms with E-state index in [-0.39, 0.29) is 11.2 Å². The van der Waals surface area contributed by atoms with Gasteiger partial charge < -0.3 is 15.0 Å². The Morgan fingerprint density at radius 3 is 2.42 bits per heavy atom. The molecule has 1 amide bonds. The van der Waals surface area contributed by atoms with Gasteiger partial charge in [-0.2, -0.15) is 0 Å². The molecule has 1 aromatic heterocycles. The first kappa shape index (κ1) is 23.2.